The van der Waals surface area contributed by atoms with Gasteiger partial charge in [0.05, 0.1) is 0 Å². The van der Waals surface area contributed by atoms with Crippen molar-refractivity contribution in [2.75, 3.05) is 0 Å². The van der Waals surface area contributed by atoms with Crippen molar-refractivity contribution >= 4 is 10.8 Å². The Morgan fingerprint density at radius 1 is 1.21 bits per heavy atom. The number of rotatable bonds is 2. The van der Waals surface area contributed by atoms with E-state index in [4.69, 9.17) is 0 Å². The summed E-state index contributed by atoms with van der Waals surface area (Å²) in [6, 6.07) is 8.45. The van der Waals surface area contributed by atoms with Gasteiger partial charge in [-0.25, -0.2) is 0 Å². The fourth-order valence-corrected chi connectivity index (χ4v) is 1.75. The molecule has 1 atom stereocenters. The van der Waals surface area contributed by atoms with Crippen LogP contribution in [0.5, 0.6) is 0 Å². The first-order chi connectivity index (χ1) is 6.83. The van der Waals surface area contributed by atoms with Crippen molar-refractivity contribution in [3.63, 3.8) is 0 Å². The summed E-state index contributed by atoms with van der Waals surface area (Å²) >= 11 is 0. The fourth-order valence-electron chi connectivity index (χ4n) is 1.75. The van der Waals surface area contributed by atoms with Gasteiger partial charge in [-0.2, -0.15) is 0 Å². The standard InChI is InChI=1S/C13H15N/c1-3-10(2)13-9-14-8-11-6-4-5-7-12(11)13/h4-10H,3H2,1-2H3/t10-/m1/s1. The molecule has 0 unspecified atom stereocenters. The van der Waals surface area contributed by atoms with Gasteiger partial charge < -0.3 is 0 Å². The zero-order valence-corrected chi connectivity index (χ0v) is 8.70. The van der Waals surface area contributed by atoms with E-state index in [1.807, 2.05) is 12.4 Å². The van der Waals surface area contributed by atoms with E-state index >= 15 is 0 Å². The molecule has 0 saturated carbocycles. The molecule has 0 radical (unpaired) electrons. The summed E-state index contributed by atoms with van der Waals surface area (Å²) in [6.45, 7) is 4.47. The van der Waals surface area contributed by atoms with Gasteiger partial charge >= 0.3 is 0 Å². The fraction of sp³-hybridized carbons (Fsp3) is 0.308. The molecular weight excluding hydrogens is 170 g/mol. The third-order valence-electron chi connectivity index (χ3n) is 2.84. The summed E-state index contributed by atoms with van der Waals surface area (Å²) in [5.41, 5.74) is 1.37. The molecule has 2 rings (SSSR count). The summed E-state index contributed by atoms with van der Waals surface area (Å²) in [5, 5.41) is 2.59. The first-order valence-electron chi connectivity index (χ1n) is 5.15. The number of hydrogen-bond acceptors (Lipinski definition) is 1. The highest BCUT2D eigenvalue weighted by Crippen LogP contribution is 2.25. The van der Waals surface area contributed by atoms with Gasteiger partial charge in [0.15, 0.2) is 0 Å². The van der Waals surface area contributed by atoms with Crippen molar-refractivity contribution in [3.8, 4) is 0 Å². The van der Waals surface area contributed by atoms with Gasteiger partial charge in [0.2, 0.25) is 0 Å². The van der Waals surface area contributed by atoms with E-state index in [0.29, 0.717) is 5.92 Å². The Bertz CT molecular complexity index is 429. The Morgan fingerprint density at radius 3 is 2.79 bits per heavy atom. The molecular formula is C13H15N. The molecule has 1 nitrogen and oxygen atoms in total. The molecule has 72 valence electrons. The quantitative estimate of drug-likeness (QED) is 0.694. The van der Waals surface area contributed by atoms with Gasteiger partial charge in [0.25, 0.3) is 0 Å². The third kappa shape index (κ3) is 1.50. The van der Waals surface area contributed by atoms with Crippen LogP contribution in [0, 0.1) is 0 Å². The molecule has 0 aliphatic rings. The van der Waals surface area contributed by atoms with Crippen LogP contribution in [0.2, 0.25) is 0 Å². The molecule has 1 heterocycles. The van der Waals surface area contributed by atoms with Crippen LogP contribution in [0.4, 0.5) is 0 Å². The maximum atomic E-state index is 4.28. The minimum Gasteiger partial charge on any atom is -0.264 e. The van der Waals surface area contributed by atoms with Crippen molar-refractivity contribution in [1.82, 2.24) is 4.98 Å². The summed E-state index contributed by atoms with van der Waals surface area (Å²) in [4.78, 5) is 4.28. The number of fused-ring (bicyclic) bond motifs is 1. The summed E-state index contributed by atoms with van der Waals surface area (Å²) in [5.74, 6) is 0.591. The van der Waals surface area contributed by atoms with E-state index in [2.05, 4.69) is 43.1 Å². The van der Waals surface area contributed by atoms with Crippen LogP contribution in [0.1, 0.15) is 31.7 Å². The Hall–Kier alpha value is -1.37. The van der Waals surface area contributed by atoms with E-state index in [1.54, 1.807) is 0 Å². The molecule has 1 aromatic heterocycles. The highest BCUT2D eigenvalue weighted by atomic mass is 14.6. The molecule has 0 bridgehead atoms. The smallest absolute Gasteiger partial charge is 0.0346 e. The molecule has 0 amide bonds. The van der Waals surface area contributed by atoms with E-state index in [1.165, 1.54) is 16.3 Å². The zero-order chi connectivity index (χ0) is 9.97. The highest BCUT2D eigenvalue weighted by molar-refractivity contribution is 5.85. The molecule has 0 aliphatic carbocycles. The van der Waals surface area contributed by atoms with Crippen LogP contribution < -0.4 is 0 Å². The van der Waals surface area contributed by atoms with Crippen LogP contribution in [-0.4, -0.2) is 4.98 Å². The first kappa shape index (κ1) is 9.20. The summed E-state index contributed by atoms with van der Waals surface area (Å²) in [7, 11) is 0. The Labute approximate surface area is 84.8 Å². The number of aromatic nitrogens is 1. The van der Waals surface area contributed by atoms with Crippen LogP contribution in [-0.2, 0) is 0 Å². The minimum absolute atomic E-state index is 0.591. The molecule has 2 aromatic rings. The van der Waals surface area contributed by atoms with E-state index in [-0.39, 0.29) is 0 Å². The predicted octanol–water partition coefficient (Wildman–Crippen LogP) is 3.75. The maximum Gasteiger partial charge on any atom is 0.0346 e. The molecule has 0 aliphatic heterocycles. The van der Waals surface area contributed by atoms with Crippen molar-refractivity contribution in [2.45, 2.75) is 26.2 Å². The second kappa shape index (κ2) is 3.79. The number of nitrogens with zero attached hydrogens (tertiary/aromatic N) is 1. The van der Waals surface area contributed by atoms with E-state index in [0.717, 1.165) is 6.42 Å². The van der Waals surface area contributed by atoms with Crippen molar-refractivity contribution in [1.29, 1.82) is 0 Å². The van der Waals surface area contributed by atoms with Crippen molar-refractivity contribution < 1.29 is 0 Å². The number of hydrogen-bond donors (Lipinski definition) is 0. The topological polar surface area (TPSA) is 12.9 Å². The van der Waals surface area contributed by atoms with E-state index in [9.17, 15) is 0 Å². The highest BCUT2D eigenvalue weighted by Gasteiger charge is 2.06. The van der Waals surface area contributed by atoms with Gasteiger partial charge in [0.1, 0.15) is 0 Å². The Kier molecular flexibility index (Phi) is 2.49. The largest absolute Gasteiger partial charge is 0.264 e. The van der Waals surface area contributed by atoms with Crippen LogP contribution in [0.25, 0.3) is 10.8 Å². The van der Waals surface area contributed by atoms with Gasteiger partial charge in [-0.1, -0.05) is 38.1 Å². The lowest BCUT2D eigenvalue weighted by atomic mass is 9.95. The first-order valence-corrected chi connectivity index (χ1v) is 5.15. The monoisotopic (exact) mass is 185 g/mol. The second-order valence-corrected chi connectivity index (χ2v) is 3.76. The average Bonchev–Trinajstić information content (AvgIpc) is 2.27. The molecule has 0 N–H and O–H groups in total. The SMILES string of the molecule is CC[C@@H](C)c1cncc2ccccc12. The molecule has 0 saturated heterocycles. The molecule has 1 heteroatoms. The van der Waals surface area contributed by atoms with Gasteiger partial charge in [-0.05, 0) is 23.3 Å². The van der Waals surface area contributed by atoms with E-state index < -0.39 is 0 Å². The van der Waals surface area contributed by atoms with Crippen molar-refractivity contribution in [3.05, 3.63) is 42.2 Å². The molecule has 14 heavy (non-hydrogen) atoms. The van der Waals surface area contributed by atoms with Gasteiger partial charge in [0, 0.05) is 17.8 Å². The third-order valence-corrected chi connectivity index (χ3v) is 2.84. The predicted molar refractivity (Wildman–Crippen MR) is 60.4 cm³/mol. The summed E-state index contributed by atoms with van der Waals surface area (Å²) in [6.07, 6.45) is 5.09. The molecule has 0 fully saturated rings. The lowest BCUT2D eigenvalue weighted by Gasteiger charge is -2.11. The van der Waals surface area contributed by atoms with Gasteiger partial charge in [-0.15, -0.1) is 0 Å². The Morgan fingerprint density at radius 2 is 2.00 bits per heavy atom. The maximum absolute atomic E-state index is 4.28. The lowest BCUT2D eigenvalue weighted by Crippen LogP contribution is -1.93. The van der Waals surface area contributed by atoms with Crippen molar-refractivity contribution in [2.24, 2.45) is 0 Å². The summed E-state index contributed by atoms with van der Waals surface area (Å²) < 4.78 is 0. The van der Waals surface area contributed by atoms with Crippen LogP contribution in [0.3, 0.4) is 0 Å². The van der Waals surface area contributed by atoms with Gasteiger partial charge in [-0.3, -0.25) is 4.98 Å². The second-order valence-electron chi connectivity index (χ2n) is 3.76. The lowest BCUT2D eigenvalue weighted by molar-refractivity contribution is 0.736. The number of benzene rings is 1. The Balaban J connectivity index is 2.65. The zero-order valence-electron chi connectivity index (χ0n) is 8.70. The van der Waals surface area contributed by atoms with Crippen LogP contribution in [0.15, 0.2) is 36.7 Å². The molecule has 0 spiro atoms. The minimum atomic E-state index is 0.591. The number of pyridine rings is 1. The average molecular weight is 185 g/mol. The normalized spacial score (nSPS) is 13.0. The molecule has 1 aromatic carbocycles. The van der Waals surface area contributed by atoms with Crippen LogP contribution >= 0.6 is 0 Å².